The summed E-state index contributed by atoms with van der Waals surface area (Å²) in [6, 6.07) is 11.9. The standard InChI is InChI=1S/C21H17N5S/c1-13(19-11-27-12-23-19)6-7-15-4-3-5-16(10-15)17-8-9-18-20(26-17)21(22)25-14(2)24-18/h3-5,8-13H,1-2H3,(H2,22,24,25). The second-order valence-corrected chi connectivity index (χ2v) is 6.92. The Bertz CT molecular complexity index is 1170. The van der Waals surface area contributed by atoms with Crippen LogP contribution in [0.1, 0.15) is 29.9 Å². The highest BCUT2D eigenvalue weighted by molar-refractivity contribution is 7.07. The first-order valence-electron chi connectivity index (χ1n) is 8.51. The van der Waals surface area contributed by atoms with Gasteiger partial charge in [0.25, 0.3) is 0 Å². The van der Waals surface area contributed by atoms with Gasteiger partial charge in [-0.1, -0.05) is 24.0 Å². The van der Waals surface area contributed by atoms with Crippen LogP contribution in [0, 0.1) is 18.8 Å². The second kappa shape index (κ2) is 7.14. The van der Waals surface area contributed by atoms with Crippen molar-refractivity contribution in [3.05, 3.63) is 64.4 Å². The highest BCUT2D eigenvalue weighted by Gasteiger charge is 2.08. The van der Waals surface area contributed by atoms with Gasteiger partial charge in [0.05, 0.1) is 28.3 Å². The monoisotopic (exact) mass is 371 g/mol. The quantitative estimate of drug-likeness (QED) is 0.535. The number of nitrogen functional groups attached to an aromatic ring is 1. The van der Waals surface area contributed by atoms with Crippen molar-refractivity contribution in [2.24, 2.45) is 0 Å². The molecule has 1 aromatic carbocycles. The summed E-state index contributed by atoms with van der Waals surface area (Å²) in [4.78, 5) is 17.6. The van der Waals surface area contributed by atoms with E-state index in [2.05, 4.69) is 38.7 Å². The van der Waals surface area contributed by atoms with Gasteiger partial charge in [-0.2, -0.15) is 0 Å². The maximum atomic E-state index is 6.02. The molecule has 132 valence electrons. The lowest BCUT2D eigenvalue weighted by Gasteiger charge is -2.06. The maximum absolute atomic E-state index is 6.02. The molecule has 0 saturated heterocycles. The molecule has 3 heterocycles. The number of anilines is 1. The van der Waals surface area contributed by atoms with Crippen LogP contribution in [-0.4, -0.2) is 19.9 Å². The van der Waals surface area contributed by atoms with E-state index in [0.29, 0.717) is 17.2 Å². The van der Waals surface area contributed by atoms with Crippen molar-refractivity contribution < 1.29 is 0 Å². The van der Waals surface area contributed by atoms with Crippen LogP contribution in [0.25, 0.3) is 22.3 Å². The van der Waals surface area contributed by atoms with E-state index in [1.54, 1.807) is 11.3 Å². The molecule has 4 aromatic rings. The number of fused-ring (bicyclic) bond motifs is 1. The lowest BCUT2D eigenvalue weighted by Crippen LogP contribution is -1.99. The van der Waals surface area contributed by atoms with Gasteiger partial charge in [-0.05, 0) is 38.1 Å². The van der Waals surface area contributed by atoms with E-state index in [0.717, 1.165) is 28.0 Å². The number of aromatic nitrogens is 4. The van der Waals surface area contributed by atoms with Gasteiger partial charge in [-0.25, -0.2) is 19.9 Å². The van der Waals surface area contributed by atoms with Crippen molar-refractivity contribution in [2.75, 3.05) is 5.73 Å². The Hall–Kier alpha value is -3.30. The zero-order chi connectivity index (χ0) is 18.8. The molecular weight excluding hydrogens is 354 g/mol. The van der Waals surface area contributed by atoms with E-state index >= 15 is 0 Å². The molecule has 6 heteroatoms. The van der Waals surface area contributed by atoms with Crippen molar-refractivity contribution >= 4 is 28.2 Å². The highest BCUT2D eigenvalue weighted by atomic mass is 32.1. The summed E-state index contributed by atoms with van der Waals surface area (Å²) in [5.41, 5.74) is 12.9. The minimum Gasteiger partial charge on any atom is -0.382 e. The molecule has 1 unspecified atom stereocenters. The van der Waals surface area contributed by atoms with Gasteiger partial charge in [0.2, 0.25) is 0 Å². The van der Waals surface area contributed by atoms with Gasteiger partial charge in [0.15, 0.2) is 5.82 Å². The van der Waals surface area contributed by atoms with Gasteiger partial charge in [-0.15, -0.1) is 11.3 Å². The molecule has 0 bridgehead atoms. The van der Waals surface area contributed by atoms with Gasteiger partial charge in [0, 0.05) is 16.5 Å². The van der Waals surface area contributed by atoms with Crippen molar-refractivity contribution in [1.29, 1.82) is 0 Å². The maximum Gasteiger partial charge on any atom is 0.153 e. The number of benzene rings is 1. The first-order valence-corrected chi connectivity index (χ1v) is 9.45. The third-order valence-corrected chi connectivity index (χ3v) is 4.77. The first kappa shape index (κ1) is 17.1. The van der Waals surface area contributed by atoms with E-state index in [9.17, 15) is 0 Å². The van der Waals surface area contributed by atoms with Gasteiger partial charge in [-0.3, -0.25) is 0 Å². The van der Waals surface area contributed by atoms with Crippen molar-refractivity contribution in [1.82, 2.24) is 19.9 Å². The largest absolute Gasteiger partial charge is 0.382 e. The molecule has 0 radical (unpaired) electrons. The van der Waals surface area contributed by atoms with Crippen LogP contribution in [0.4, 0.5) is 5.82 Å². The Labute approximate surface area is 161 Å². The number of nitrogens with zero attached hydrogens (tertiary/aromatic N) is 4. The van der Waals surface area contributed by atoms with Crippen LogP contribution in [-0.2, 0) is 0 Å². The Morgan fingerprint density at radius 2 is 2.00 bits per heavy atom. The van der Waals surface area contributed by atoms with Gasteiger partial charge < -0.3 is 5.73 Å². The summed E-state index contributed by atoms with van der Waals surface area (Å²) in [6.45, 7) is 3.88. The number of hydrogen-bond acceptors (Lipinski definition) is 6. The predicted octanol–water partition coefficient (Wildman–Crippen LogP) is 4.19. The SMILES string of the molecule is Cc1nc(N)c2nc(-c3cccc(C#CC(C)c4cscn4)c3)ccc2n1. The molecule has 0 aliphatic carbocycles. The number of pyridine rings is 1. The zero-order valence-corrected chi connectivity index (χ0v) is 15.8. The Balaban J connectivity index is 1.68. The lowest BCUT2D eigenvalue weighted by molar-refractivity contribution is 0.953. The summed E-state index contributed by atoms with van der Waals surface area (Å²) in [7, 11) is 0. The fourth-order valence-electron chi connectivity index (χ4n) is 2.78. The number of nitrogens with two attached hydrogens (primary N) is 1. The minimum atomic E-state index is 0.0962. The van der Waals surface area contributed by atoms with Gasteiger partial charge >= 0.3 is 0 Å². The molecule has 5 nitrogen and oxygen atoms in total. The Kier molecular flexibility index (Phi) is 4.53. The van der Waals surface area contributed by atoms with Crippen LogP contribution in [0.2, 0.25) is 0 Å². The first-order chi connectivity index (χ1) is 13.1. The fourth-order valence-corrected chi connectivity index (χ4v) is 3.42. The topological polar surface area (TPSA) is 77.6 Å². The Morgan fingerprint density at radius 1 is 1.11 bits per heavy atom. The summed E-state index contributed by atoms with van der Waals surface area (Å²) in [5, 5.41) is 2.03. The molecule has 27 heavy (non-hydrogen) atoms. The average molecular weight is 371 g/mol. The van der Waals surface area contributed by atoms with E-state index in [4.69, 9.17) is 5.73 Å². The third-order valence-electron chi connectivity index (χ3n) is 4.17. The molecule has 2 N–H and O–H groups in total. The summed E-state index contributed by atoms with van der Waals surface area (Å²) in [6.07, 6.45) is 0. The molecule has 0 aliphatic rings. The average Bonchev–Trinajstić information content (AvgIpc) is 3.21. The third kappa shape index (κ3) is 3.64. The minimum absolute atomic E-state index is 0.0962. The smallest absolute Gasteiger partial charge is 0.153 e. The van der Waals surface area contributed by atoms with Crippen LogP contribution in [0.5, 0.6) is 0 Å². The number of hydrogen-bond donors (Lipinski definition) is 1. The molecule has 0 saturated carbocycles. The summed E-state index contributed by atoms with van der Waals surface area (Å²) < 4.78 is 0. The molecule has 0 spiro atoms. The highest BCUT2D eigenvalue weighted by Crippen LogP contribution is 2.23. The molecule has 0 fully saturated rings. The second-order valence-electron chi connectivity index (χ2n) is 6.21. The van der Waals surface area contributed by atoms with E-state index in [-0.39, 0.29) is 5.92 Å². The van der Waals surface area contributed by atoms with Crippen LogP contribution < -0.4 is 5.73 Å². The molecule has 0 amide bonds. The molecule has 4 rings (SSSR count). The number of aryl methyl sites for hydroxylation is 1. The lowest BCUT2D eigenvalue weighted by atomic mass is 10.1. The molecular formula is C21H17N5S. The van der Waals surface area contributed by atoms with Crippen molar-refractivity contribution in [3.8, 4) is 23.1 Å². The molecule has 1 atom stereocenters. The van der Waals surface area contributed by atoms with Crippen molar-refractivity contribution in [2.45, 2.75) is 19.8 Å². The molecule has 0 aliphatic heterocycles. The molecule has 3 aromatic heterocycles. The van der Waals surface area contributed by atoms with E-state index in [1.807, 2.05) is 54.2 Å². The van der Waals surface area contributed by atoms with E-state index in [1.165, 1.54) is 0 Å². The summed E-state index contributed by atoms with van der Waals surface area (Å²) >= 11 is 1.58. The zero-order valence-electron chi connectivity index (χ0n) is 15.0. The van der Waals surface area contributed by atoms with Crippen LogP contribution in [0.3, 0.4) is 0 Å². The van der Waals surface area contributed by atoms with Crippen LogP contribution >= 0.6 is 11.3 Å². The van der Waals surface area contributed by atoms with Crippen molar-refractivity contribution in [3.63, 3.8) is 0 Å². The van der Waals surface area contributed by atoms with Crippen LogP contribution in [0.15, 0.2) is 47.3 Å². The number of thiazole rings is 1. The van der Waals surface area contributed by atoms with Gasteiger partial charge in [0.1, 0.15) is 11.3 Å². The number of rotatable bonds is 2. The Morgan fingerprint density at radius 3 is 2.81 bits per heavy atom. The normalized spacial score (nSPS) is 11.8. The summed E-state index contributed by atoms with van der Waals surface area (Å²) in [5.74, 6) is 7.63. The predicted molar refractivity (Wildman–Crippen MR) is 109 cm³/mol. The van der Waals surface area contributed by atoms with E-state index < -0.39 is 0 Å². The fraction of sp³-hybridized carbons (Fsp3) is 0.143.